The molecule has 124 valence electrons. The van der Waals surface area contributed by atoms with Crippen LogP contribution in [-0.4, -0.2) is 31.3 Å². The number of aromatic nitrogens is 2. The van der Waals surface area contributed by atoms with Gasteiger partial charge in [0.1, 0.15) is 11.3 Å². The Morgan fingerprint density at radius 1 is 0.958 bits per heavy atom. The number of halogens is 2. The summed E-state index contributed by atoms with van der Waals surface area (Å²) in [6.45, 7) is 0. The van der Waals surface area contributed by atoms with Gasteiger partial charge in [0.2, 0.25) is 5.75 Å². The summed E-state index contributed by atoms with van der Waals surface area (Å²) in [7, 11) is 4.62. The standard InChI is InChI=1S/C17H14BrFN2O3/c1-22-14-4-9(5-15(23-2)17(14)24-3)13-8-20-16-11(18)6-10(19)7-12(16)21-13/h4-8H,1-3H3. The van der Waals surface area contributed by atoms with Gasteiger partial charge in [-0.05, 0) is 34.1 Å². The zero-order valence-corrected chi connectivity index (χ0v) is 14.8. The number of nitrogens with zero attached hydrogens (tertiary/aromatic N) is 2. The van der Waals surface area contributed by atoms with Gasteiger partial charge < -0.3 is 14.2 Å². The van der Waals surface area contributed by atoms with Crippen LogP contribution in [0.3, 0.4) is 0 Å². The van der Waals surface area contributed by atoms with Crippen LogP contribution in [0.4, 0.5) is 4.39 Å². The summed E-state index contributed by atoms with van der Waals surface area (Å²) in [5.74, 6) is 1.13. The molecule has 24 heavy (non-hydrogen) atoms. The van der Waals surface area contributed by atoms with Gasteiger partial charge in [0.25, 0.3) is 0 Å². The highest BCUT2D eigenvalue weighted by molar-refractivity contribution is 9.10. The van der Waals surface area contributed by atoms with E-state index >= 15 is 0 Å². The summed E-state index contributed by atoms with van der Waals surface area (Å²) in [6.07, 6.45) is 1.62. The van der Waals surface area contributed by atoms with Gasteiger partial charge in [-0.1, -0.05) is 0 Å². The zero-order chi connectivity index (χ0) is 17.3. The van der Waals surface area contributed by atoms with Crippen molar-refractivity contribution in [3.63, 3.8) is 0 Å². The molecule has 0 N–H and O–H groups in total. The minimum absolute atomic E-state index is 0.384. The lowest BCUT2D eigenvalue weighted by Crippen LogP contribution is -1.97. The number of benzene rings is 2. The Hall–Kier alpha value is -2.41. The van der Waals surface area contributed by atoms with Crippen LogP contribution in [-0.2, 0) is 0 Å². The molecule has 0 amide bonds. The molecule has 0 saturated heterocycles. The lowest BCUT2D eigenvalue weighted by atomic mass is 10.1. The van der Waals surface area contributed by atoms with E-state index in [1.54, 1.807) is 32.5 Å². The van der Waals surface area contributed by atoms with Gasteiger partial charge in [-0.15, -0.1) is 0 Å². The highest BCUT2D eigenvalue weighted by Crippen LogP contribution is 2.41. The molecule has 2 aromatic carbocycles. The van der Waals surface area contributed by atoms with E-state index in [2.05, 4.69) is 25.9 Å². The van der Waals surface area contributed by atoms with Crippen molar-refractivity contribution in [1.82, 2.24) is 9.97 Å². The summed E-state index contributed by atoms with van der Waals surface area (Å²) in [4.78, 5) is 8.85. The Morgan fingerprint density at radius 3 is 2.21 bits per heavy atom. The minimum Gasteiger partial charge on any atom is -0.493 e. The molecule has 5 nitrogen and oxygen atoms in total. The lowest BCUT2D eigenvalue weighted by molar-refractivity contribution is 0.324. The van der Waals surface area contributed by atoms with E-state index in [0.717, 1.165) is 5.56 Å². The summed E-state index contributed by atoms with van der Waals surface area (Å²) in [6, 6.07) is 6.24. The van der Waals surface area contributed by atoms with Gasteiger partial charge in [-0.25, -0.2) is 9.37 Å². The van der Waals surface area contributed by atoms with Gasteiger partial charge in [0.05, 0.1) is 38.7 Å². The van der Waals surface area contributed by atoms with E-state index in [1.807, 2.05) is 0 Å². The van der Waals surface area contributed by atoms with Crippen molar-refractivity contribution >= 4 is 27.0 Å². The molecule has 0 aliphatic carbocycles. The molecule has 3 aromatic rings. The first-order valence-corrected chi connectivity index (χ1v) is 7.79. The van der Waals surface area contributed by atoms with Crippen LogP contribution in [0.5, 0.6) is 17.2 Å². The van der Waals surface area contributed by atoms with Crippen LogP contribution in [0.1, 0.15) is 0 Å². The molecular weight excluding hydrogens is 379 g/mol. The number of rotatable bonds is 4. The van der Waals surface area contributed by atoms with E-state index in [9.17, 15) is 4.39 Å². The topological polar surface area (TPSA) is 53.5 Å². The second kappa shape index (κ2) is 6.60. The first kappa shape index (κ1) is 16.4. The van der Waals surface area contributed by atoms with Crippen molar-refractivity contribution in [2.45, 2.75) is 0 Å². The summed E-state index contributed by atoms with van der Waals surface area (Å²) in [5, 5.41) is 0. The molecule has 1 aromatic heterocycles. The third-order valence-corrected chi connectivity index (χ3v) is 4.13. The first-order chi connectivity index (χ1) is 11.6. The maximum atomic E-state index is 13.6. The third kappa shape index (κ3) is 2.87. The van der Waals surface area contributed by atoms with Crippen LogP contribution >= 0.6 is 15.9 Å². The highest BCUT2D eigenvalue weighted by atomic mass is 79.9. The molecule has 0 saturated carbocycles. The minimum atomic E-state index is -0.384. The Kier molecular flexibility index (Phi) is 4.53. The first-order valence-electron chi connectivity index (χ1n) is 6.99. The van der Waals surface area contributed by atoms with Gasteiger partial charge in [-0.2, -0.15) is 0 Å². The Morgan fingerprint density at radius 2 is 1.62 bits per heavy atom. The van der Waals surface area contributed by atoms with Crippen molar-refractivity contribution in [3.05, 3.63) is 40.8 Å². The Bertz CT molecular complexity index is 893. The maximum Gasteiger partial charge on any atom is 0.203 e. The molecule has 0 aliphatic heterocycles. The van der Waals surface area contributed by atoms with Crippen LogP contribution in [0.25, 0.3) is 22.3 Å². The molecule has 3 rings (SSSR count). The molecule has 0 bridgehead atoms. The average Bonchev–Trinajstić information content (AvgIpc) is 2.59. The lowest BCUT2D eigenvalue weighted by Gasteiger charge is -2.14. The Balaban J connectivity index is 2.20. The molecule has 0 fully saturated rings. The molecule has 7 heteroatoms. The SMILES string of the molecule is COc1cc(-c2cnc3c(Br)cc(F)cc3n2)cc(OC)c1OC. The average molecular weight is 393 g/mol. The largest absolute Gasteiger partial charge is 0.493 e. The molecular formula is C17H14BrFN2O3. The van der Waals surface area contributed by atoms with Crippen molar-refractivity contribution in [2.24, 2.45) is 0 Å². The van der Waals surface area contributed by atoms with Gasteiger partial charge >= 0.3 is 0 Å². The van der Waals surface area contributed by atoms with E-state index < -0.39 is 0 Å². The van der Waals surface area contributed by atoms with Crippen molar-refractivity contribution < 1.29 is 18.6 Å². The second-order valence-corrected chi connectivity index (χ2v) is 5.78. The normalized spacial score (nSPS) is 10.7. The zero-order valence-electron chi connectivity index (χ0n) is 13.3. The summed E-state index contributed by atoms with van der Waals surface area (Å²) >= 11 is 3.29. The fourth-order valence-electron chi connectivity index (χ4n) is 2.42. The van der Waals surface area contributed by atoms with Crippen LogP contribution in [0.15, 0.2) is 34.9 Å². The van der Waals surface area contributed by atoms with E-state index in [1.165, 1.54) is 19.2 Å². The third-order valence-electron chi connectivity index (χ3n) is 3.53. The van der Waals surface area contributed by atoms with Crippen LogP contribution in [0, 0.1) is 5.82 Å². The monoisotopic (exact) mass is 392 g/mol. The van der Waals surface area contributed by atoms with Crippen molar-refractivity contribution in [1.29, 1.82) is 0 Å². The van der Waals surface area contributed by atoms with Crippen LogP contribution < -0.4 is 14.2 Å². The van der Waals surface area contributed by atoms with Crippen molar-refractivity contribution in [3.8, 4) is 28.5 Å². The molecule has 0 unspecified atom stereocenters. The van der Waals surface area contributed by atoms with Crippen LogP contribution in [0.2, 0.25) is 0 Å². The number of ether oxygens (including phenoxy) is 3. The van der Waals surface area contributed by atoms with Gasteiger partial charge in [0, 0.05) is 16.1 Å². The molecule has 1 heterocycles. The number of hydrogen-bond acceptors (Lipinski definition) is 5. The summed E-state index contributed by atoms with van der Waals surface area (Å²) < 4.78 is 30.2. The van der Waals surface area contributed by atoms with Gasteiger partial charge in [0.15, 0.2) is 11.5 Å². The number of methoxy groups -OCH3 is 3. The highest BCUT2D eigenvalue weighted by Gasteiger charge is 2.15. The fourth-order valence-corrected chi connectivity index (χ4v) is 2.94. The van der Waals surface area contributed by atoms with E-state index in [4.69, 9.17) is 14.2 Å². The molecule has 0 radical (unpaired) electrons. The predicted molar refractivity (Wildman–Crippen MR) is 92.3 cm³/mol. The molecule has 0 spiro atoms. The predicted octanol–water partition coefficient (Wildman–Crippen LogP) is 4.22. The van der Waals surface area contributed by atoms with Crippen molar-refractivity contribution in [2.75, 3.05) is 21.3 Å². The van der Waals surface area contributed by atoms with E-state index in [-0.39, 0.29) is 5.82 Å². The fraction of sp³-hybridized carbons (Fsp3) is 0.176. The number of hydrogen-bond donors (Lipinski definition) is 0. The molecule has 0 aliphatic rings. The second-order valence-electron chi connectivity index (χ2n) is 4.92. The van der Waals surface area contributed by atoms with Gasteiger partial charge in [-0.3, -0.25) is 4.98 Å². The Labute approximate surface area is 146 Å². The number of fused-ring (bicyclic) bond motifs is 1. The summed E-state index contributed by atoms with van der Waals surface area (Å²) in [5.41, 5.74) is 2.33. The molecule has 0 atom stereocenters. The smallest absolute Gasteiger partial charge is 0.203 e. The van der Waals surface area contributed by atoms with E-state index in [0.29, 0.717) is 38.4 Å². The quantitative estimate of drug-likeness (QED) is 0.664. The maximum absolute atomic E-state index is 13.6.